The summed E-state index contributed by atoms with van der Waals surface area (Å²) in [6.45, 7) is 0.369. The highest BCUT2D eigenvalue weighted by Gasteiger charge is 2.37. The van der Waals surface area contributed by atoms with Gasteiger partial charge < -0.3 is 4.90 Å². The van der Waals surface area contributed by atoms with Gasteiger partial charge in [-0.1, -0.05) is 23.8 Å². The van der Waals surface area contributed by atoms with Crippen LogP contribution in [0.4, 0.5) is 17.6 Å². The third kappa shape index (κ3) is 3.98. The number of halogens is 5. The molecule has 1 aliphatic heterocycles. The molecule has 0 N–H and O–H groups in total. The highest BCUT2D eigenvalue weighted by Crippen LogP contribution is 2.38. The first kappa shape index (κ1) is 22.6. The molecule has 5 rings (SSSR count). The first-order chi connectivity index (χ1) is 16.2. The smallest absolute Gasteiger partial charge is 0.333 e. The molecule has 0 unspecified atom stereocenters. The molecule has 5 nitrogen and oxygen atoms in total. The molecule has 176 valence electrons. The van der Waals surface area contributed by atoms with E-state index in [1.165, 1.54) is 29.4 Å². The molecule has 4 heterocycles. The van der Waals surface area contributed by atoms with Gasteiger partial charge in [0.25, 0.3) is 5.91 Å². The van der Waals surface area contributed by atoms with E-state index in [-0.39, 0.29) is 29.6 Å². The molecule has 0 spiro atoms. The lowest BCUT2D eigenvalue weighted by molar-refractivity contribution is -0.136. The molecule has 0 fully saturated rings. The van der Waals surface area contributed by atoms with Crippen LogP contribution < -0.4 is 0 Å². The Bertz CT molecular complexity index is 1360. The molecule has 3 aromatic heterocycles. The van der Waals surface area contributed by atoms with Crippen LogP contribution >= 0.6 is 11.6 Å². The fourth-order valence-corrected chi connectivity index (χ4v) is 4.66. The summed E-state index contributed by atoms with van der Waals surface area (Å²) in [5, 5.41) is -0.170. The maximum absolute atomic E-state index is 14.0. The molecule has 1 amide bonds. The zero-order chi connectivity index (χ0) is 24.0. The van der Waals surface area contributed by atoms with Crippen LogP contribution in [0.1, 0.15) is 53.0 Å². The minimum absolute atomic E-state index is 0.138. The highest BCUT2D eigenvalue weighted by molar-refractivity contribution is 6.33. The number of hydrogen-bond donors (Lipinski definition) is 0. The number of rotatable bonds is 3. The third-order valence-corrected chi connectivity index (χ3v) is 6.50. The molecule has 0 saturated carbocycles. The van der Waals surface area contributed by atoms with E-state index >= 15 is 0 Å². The van der Waals surface area contributed by atoms with Crippen LogP contribution in [0.15, 0.2) is 42.7 Å². The Morgan fingerprint density at radius 3 is 2.62 bits per heavy atom. The number of fused-ring (bicyclic) bond motifs is 1. The molecular weight excluding hydrogens is 472 g/mol. The van der Waals surface area contributed by atoms with Gasteiger partial charge in [-0.05, 0) is 60.6 Å². The minimum Gasteiger partial charge on any atom is -0.333 e. The maximum Gasteiger partial charge on any atom is 0.420 e. The van der Waals surface area contributed by atoms with Crippen LogP contribution in [0.25, 0.3) is 16.8 Å². The number of carbonyl (C=O) groups is 1. The van der Waals surface area contributed by atoms with E-state index in [0.717, 1.165) is 28.9 Å². The molecule has 3 aromatic rings. The quantitative estimate of drug-likeness (QED) is 0.421. The molecule has 2 aliphatic rings. The van der Waals surface area contributed by atoms with E-state index in [1.54, 1.807) is 6.08 Å². The normalized spacial score (nSPS) is 16.7. The number of alkyl halides is 3. The largest absolute Gasteiger partial charge is 0.420 e. The first-order valence-corrected chi connectivity index (χ1v) is 11.2. The molecule has 0 atom stereocenters. The van der Waals surface area contributed by atoms with Crippen molar-refractivity contribution in [2.75, 3.05) is 13.1 Å². The second kappa shape index (κ2) is 8.54. The zero-order valence-electron chi connectivity index (χ0n) is 17.9. The van der Waals surface area contributed by atoms with E-state index in [1.807, 2.05) is 6.08 Å². The Morgan fingerprint density at radius 1 is 1.15 bits per heavy atom. The molecule has 34 heavy (non-hydrogen) atoms. The number of aromatic nitrogens is 3. The predicted molar refractivity (Wildman–Crippen MR) is 120 cm³/mol. The lowest BCUT2D eigenvalue weighted by Crippen LogP contribution is -2.35. The summed E-state index contributed by atoms with van der Waals surface area (Å²) in [4.78, 5) is 22.7. The van der Waals surface area contributed by atoms with E-state index in [9.17, 15) is 22.4 Å². The summed E-state index contributed by atoms with van der Waals surface area (Å²) in [7, 11) is 0. The van der Waals surface area contributed by atoms with Crippen molar-refractivity contribution in [3.8, 4) is 0 Å². The van der Waals surface area contributed by atoms with E-state index < -0.39 is 29.1 Å². The van der Waals surface area contributed by atoms with Gasteiger partial charge in [0.15, 0.2) is 11.3 Å². The molecule has 0 bridgehead atoms. The van der Waals surface area contributed by atoms with Gasteiger partial charge in [0, 0.05) is 25.5 Å². The van der Waals surface area contributed by atoms with Gasteiger partial charge in [-0.15, -0.1) is 0 Å². The second-order valence-corrected chi connectivity index (χ2v) is 8.63. The van der Waals surface area contributed by atoms with Gasteiger partial charge in [-0.3, -0.25) is 14.2 Å². The highest BCUT2D eigenvalue weighted by atomic mass is 35.5. The van der Waals surface area contributed by atoms with Crippen LogP contribution in [-0.2, 0) is 6.18 Å². The molecule has 10 heteroatoms. The number of hydrogen-bond acceptors (Lipinski definition) is 3. The number of allylic oxidation sites excluding steroid dienone is 2. The summed E-state index contributed by atoms with van der Waals surface area (Å²) in [6.07, 6.45) is 4.64. The van der Waals surface area contributed by atoms with Crippen LogP contribution in [0.2, 0.25) is 5.15 Å². The van der Waals surface area contributed by atoms with Gasteiger partial charge in [0.2, 0.25) is 0 Å². The van der Waals surface area contributed by atoms with Crippen LogP contribution in [0, 0.1) is 5.82 Å². The Hall–Kier alpha value is -3.20. The minimum atomic E-state index is -4.67. The molecule has 0 aromatic carbocycles. The monoisotopic (exact) mass is 490 g/mol. The fraction of sp³-hybridized carbons (Fsp3) is 0.292. The number of pyridine rings is 2. The van der Waals surface area contributed by atoms with Crippen molar-refractivity contribution in [3.63, 3.8) is 0 Å². The number of imidazole rings is 1. The van der Waals surface area contributed by atoms with Gasteiger partial charge in [-0.2, -0.15) is 13.2 Å². The Morgan fingerprint density at radius 2 is 1.97 bits per heavy atom. The first-order valence-electron chi connectivity index (χ1n) is 10.8. The number of nitrogens with zero attached hydrogens (tertiary/aromatic N) is 4. The summed E-state index contributed by atoms with van der Waals surface area (Å²) in [5.74, 6) is -1.04. The van der Waals surface area contributed by atoms with Crippen molar-refractivity contribution in [2.45, 2.75) is 31.9 Å². The van der Waals surface area contributed by atoms with Crippen LogP contribution in [-0.4, -0.2) is 38.3 Å². The Balaban J connectivity index is 1.50. The molecule has 1 aliphatic carbocycles. The average Bonchev–Trinajstić information content (AvgIpc) is 3.47. The van der Waals surface area contributed by atoms with Crippen molar-refractivity contribution < 1.29 is 22.4 Å². The summed E-state index contributed by atoms with van der Waals surface area (Å²) < 4.78 is 56.8. The van der Waals surface area contributed by atoms with Crippen molar-refractivity contribution >= 4 is 34.3 Å². The lowest BCUT2D eigenvalue weighted by Gasteiger charge is -2.25. The summed E-state index contributed by atoms with van der Waals surface area (Å²) >= 11 is 6.41. The van der Waals surface area contributed by atoms with Crippen LogP contribution in [0.5, 0.6) is 0 Å². The Kier molecular flexibility index (Phi) is 5.67. The second-order valence-electron chi connectivity index (χ2n) is 8.27. The van der Waals surface area contributed by atoms with Crippen molar-refractivity contribution in [3.05, 3.63) is 76.2 Å². The van der Waals surface area contributed by atoms with Gasteiger partial charge in [0.1, 0.15) is 16.7 Å². The van der Waals surface area contributed by atoms with Crippen molar-refractivity contribution in [2.24, 2.45) is 0 Å². The SMILES string of the molecule is O=C(c1nc2c(C(F)(F)F)cc(C3=CCCC3)cn2c1Cl)N1CC=C(c2ncccc2F)CC1. The van der Waals surface area contributed by atoms with Gasteiger partial charge in [-0.25, -0.2) is 9.37 Å². The zero-order valence-corrected chi connectivity index (χ0v) is 18.6. The van der Waals surface area contributed by atoms with Crippen molar-refractivity contribution in [1.29, 1.82) is 0 Å². The summed E-state index contributed by atoms with van der Waals surface area (Å²) in [5.41, 5.74) is 0.530. The lowest BCUT2D eigenvalue weighted by atomic mass is 10.0. The van der Waals surface area contributed by atoms with E-state index in [2.05, 4.69) is 9.97 Å². The molecular formula is C24H19ClF4N4O. The Labute approximate surface area is 197 Å². The van der Waals surface area contributed by atoms with Crippen molar-refractivity contribution in [1.82, 2.24) is 19.3 Å². The number of carbonyl (C=O) groups excluding carboxylic acids is 1. The molecule has 0 saturated heterocycles. The van der Waals surface area contributed by atoms with Crippen LogP contribution in [0.3, 0.4) is 0 Å². The standard InChI is InChI=1S/C24H19ClF4N4O/c25-21-20(23(34)32-10-7-15(8-11-32)19-18(26)6-3-9-30-19)31-22-17(24(27,28)29)12-16(13-33(21)22)14-4-1-2-5-14/h3-4,6-7,9,12-13H,1-2,5,8,10-11H2. The average molecular weight is 491 g/mol. The van der Waals surface area contributed by atoms with E-state index in [4.69, 9.17) is 11.6 Å². The van der Waals surface area contributed by atoms with E-state index in [0.29, 0.717) is 24.0 Å². The van der Waals surface area contributed by atoms with Gasteiger partial charge in [0.05, 0.1) is 5.56 Å². The third-order valence-electron chi connectivity index (χ3n) is 6.14. The maximum atomic E-state index is 14.0. The predicted octanol–water partition coefficient (Wildman–Crippen LogP) is 6.04. The molecule has 0 radical (unpaired) electrons. The topological polar surface area (TPSA) is 50.5 Å². The summed E-state index contributed by atoms with van der Waals surface area (Å²) in [6, 6.07) is 3.87. The number of amides is 1. The van der Waals surface area contributed by atoms with Gasteiger partial charge >= 0.3 is 6.18 Å². The fourth-order valence-electron chi connectivity index (χ4n) is 4.41.